The van der Waals surface area contributed by atoms with Gasteiger partial charge in [-0.05, 0) is 42.5 Å². The Bertz CT molecular complexity index is 1060. The predicted molar refractivity (Wildman–Crippen MR) is 99.4 cm³/mol. The summed E-state index contributed by atoms with van der Waals surface area (Å²) in [6.45, 7) is 0.309. The van der Waals surface area contributed by atoms with Crippen LogP contribution < -0.4 is 5.32 Å². The fraction of sp³-hybridized carbons (Fsp3) is 0.250. The molecule has 0 bridgehead atoms. The van der Waals surface area contributed by atoms with Crippen LogP contribution in [0.25, 0.3) is 10.2 Å². The maximum absolute atomic E-state index is 13.3. The Morgan fingerprint density at radius 2 is 2.19 bits per heavy atom. The maximum Gasteiger partial charge on any atom is 0.253 e. The Hall–Kier alpha value is -1.88. The second-order valence-electron chi connectivity index (χ2n) is 5.83. The second kappa shape index (κ2) is 6.69. The van der Waals surface area contributed by atoms with E-state index in [1.165, 1.54) is 22.5 Å². The lowest BCUT2D eigenvalue weighted by molar-refractivity contribution is -0.119. The van der Waals surface area contributed by atoms with Crippen LogP contribution in [0.4, 0.5) is 9.52 Å². The van der Waals surface area contributed by atoms with E-state index in [2.05, 4.69) is 10.3 Å². The molecule has 26 heavy (non-hydrogen) atoms. The third-order valence-electron chi connectivity index (χ3n) is 4.14. The lowest BCUT2D eigenvalue weighted by Gasteiger charge is -2.22. The summed E-state index contributed by atoms with van der Waals surface area (Å²) in [5, 5.41) is 4.71. The zero-order valence-electron chi connectivity index (χ0n) is 13.4. The minimum Gasteiger partial charge on any atom is -0.301 e. The van der Waals surface area contributed by atoms with Crippen molar-refractivity contribution >= 4 is 54.0 Å². The van der Waals surface area contributed by atoms with Crippen LogP contribution in [0, 0.1) is 5.82 Å². The molecule has 0 saturated carbocycles. The number of benzene rings is 1. The molecule has 1 N–H and O–H groups in total. The molecule has 1 saturated heterocycles. The smallest absolute Gasteiger partial charge is 0.253 e. The molecule has 136 valence electrons. The Balaban J connectivity index is 1.56. The molecule has 1 fully saturated rings. The molecule has 6 nitrogen and oxygen atoms in total. The molecular formula is C16H14FN3O3S3. The number of carbonyl (C=O) groups is 1. The first-order valence-corrected chi connectivity index (χ1v) is 11.0. The molecule has 1 aliphatic rings. The molecule has 0 aliphatic carbocycles. The van der Waals surface area contributed by atoms with Crippen LogP contribution in [0.5, 0.6) is 0 Å². The van der Waals surface area contributed by atoms with Crippen LogP contribution in [0.1, 0.15) is 12.8 Å². The highest BCUT2D eigenvalue weighted by molar-refractivity contribution is 7.91. The fourth-order valence-corrected chi connectivity index (χ4v) is 6.63. The van der Waals surface area contributed by atoms with Crippen molar-refractivity contribution in [2.24, 2.45) is 0 Å². The number of rotatable bonds is 4. The van der Waals surface area contributed by atoms with Crippen molar-refractivity contribution in [2.75, 3.05) is 11.9 Å². The highest BCUT2D eigenvalue weighted by atomic mass is 32.2. The van der Waals surface area contributed by atoms with Gasteiger partial charge in [-0.1, -0.05) is 17.4 Å². The maximum atomic E-state index is 13.3. The third kappa shape index (κ3) is 3.13. The van der Waals surface area contributed by atoms with Crippen LogP contribution >= 0.6 is 22.7 Å². The molecule has 1 unspecified atom stereocenters. The van der Waals surface area contributed by atoms with Gasteiger partial charge >= 0.3 is 0 Å². The monoisotopic (exact) mass is 411 g/mol. The van der Waals surface area contributed by atoms with Crippen molar-refractivity contribution in [3.8, 4) is 0 Å². The molecule has 1 atom stereocenters. The number of hydrogen-bond acceptors (Lipinski definition) is 6. The number of hydrogen-bond donors (Lipinski definition) is 1. The van der Waals surface area contributed by atoms with Crippen molar-refractivity contribution in [3.63, 3.8) is 0 Å². The van der Waals surface area contributed by atoms with Crippen molar-refractivity contribution in [2.45, 2.75) is 23.1 Å². The predicted octanol–water partition coefficient (Wildman–Crippen LogP) is 3.29. The summed E-state index contributed by atoms with van der Waals surface area (Å²) in [6, 6.07) is 6.63. The van der Waals surface area contributed by atoms with Gasteiger partial charge in [-0.2, -0.15) is 4.31 Å². The first-order chi connectivity index (χ1) is 12.4. The lowest BCUT2D eigenvalue weighted by Crippen LogP contribution is -2.42. The van der Waals surface area contributed by atoms with E-state index in [4.69, 9.17) is 0 Å². The SMILES string of the molecule is O=C(Nc1nc2ccc(F)cc2s1)C1CCCN1S(=O)(=O)c1cccs1. The summed E-state index contributed by atoms with van der Waals surface area (Å²) in [5.74, 6) is -0.787. The number of anilines is 1. The number of thiophene rings is 1. The Labute approximate surface area is 157 Å². The van der Waals surface area contributed by atoms with Gasteiger partial charge in [0, 0.05) is 6.54 Å². The van der Waals surface area contributed by atoms with Gasteiger partial charge in [0.15, 0.2) is 5.13 Å². The van der Waals surface area contributed by atoms with E-state index in [1.54, 1.807) is 17.5 Å². The fourth-order valence-electron chi connectivity index (χ4n) is 2.96. The zero-order valence-corrected chi connectivity index (χ0v) is 15.8. The summed E-state index contributed by atoms with van der Waals surface area (Å²) < 4.78 is 40.9. The molecule has 1 aliphatic heterocycles. The Morgan fingerprint density at radius 3 is 2.96 bits per heavy atom. The standard InChI is InChI=1S/C16H14FN3O3S3/c17-10-5-6-11-13(9-10)25-16(18-11)19-15(21)12-3-1-7-20(12)26(22,23)14-4-2-8-24-14/h2,4-6,8-9,12H,1,3,7H2,(H,18,19,21). The molecular weight excluding hydrogens is 397 g/mol. The third-order valence-corrected chi connectivity index (χ3v) is 8.36. The quantitative estimate of drug-likeness (QED) is 0.715. The van der Waals surface area contributed by atoms with Crippen LogP contribution in [-0.4, -0.2) is 36.2 Å². The summed E-state index contributed by atoms with van der Waals surface area (Å²) >= 11 is 2.29. The highest BCUT2D eigenvalue weighted by Gasteiger charge is 2.40. The molecule has 1 amide bonds. The average molecular weight is 412 g/mol. The van der Waals surface area contributed by atoms with Crippen LogP contribution in [0.2, 0.25) is 0 Å². The van der Waals surface area contributed by atoms with E-state index in [9.17, 15) is 17.6 Å². The van der Waals surface area contributed by atoms with Gasteiger partial charge in [-0.15, -0.1) is 11.3 Å². The number of halogens is 1. The molecule has 1 aromatic carbocycles. The van der Waals surface area contributed by atoms with Gasteiger partial charge in [0.2, 0.25) is 5.91 Å². The number of nitrogens with zero attached hydrogens (tertiary/aromatic N) is 2. The normalized spacial score (nSPS) is 18.4. The first kappa shape index (κ1) is 17.5. The summed E-state index contributed by atoms with van der Waals surface area (Å²) in [6.07, 6.45) is 1.07. The van der Waals surface area contributed by atoms with Crippen molar-refractivity contribution in [3.05, 3.63) is 41.5 Å². The van der Waals surface area contributed by atoms with E-state index in [1.807, 2.05) is 0 Å². The van der Waals surface area contributed by atoms with E-state index in [-0.39, 0.29) is 10.0 Å². The molecule has 3 heterocycles. The Morgan fingerprint density at radius 1 is 1.35 bits per heavy atom. The summed E-state index contributed by atoms with van der Waals surface area (Å²) in [4.78, 5) is 16.9. The van der Waals surface area contributed by atoms with Crippen LogP contribution in [0.3, 0.4) is 0 Å². The summed E-state index contributed by atoms with van der Waals surface area (Å²) in [5.41, 5.74) is 0.584. The van der Waals surface area contributed by atoms with Crippen LogP contribution in [-0.2, 0) is 14.8 Å². The topological polar surface area (TPSA) is 79.4 Å². The molecule has 4 rings (SSSR count). The molecule has 0 spiro atoms. The highest BCUT2D eigenvalue weighted by Crippen LogP contribution is 2.31. The number of carbonyl (C=O) groups excluding carboxylic acids is 1. The van der Waals surface area contributed by atoms with Gasteiger partial charge in [-0.25, -0.2) is 17.8 Å². The van der Waals surface area contributed by atoms with Gasteiger partial charge in [-0.3, -0.25) is 4.79 Å². The lowest BCUT2D eigenvalue weighted by atomic mass is 10.2. The first-order valence-electron chi connectivity index (χ1n) is 7.87. The summed E-state index contributed by atoms with van der Waals surface area (Å²) in [7, 11) is -3.69. The minimum atomic E-state index is -3.69. The molecule has 3 aromatic rings. The van der Waals surface area contributed by atoms with Crippen molar-refractivity contribution in [1.29, 1.82) is 0 Å². The number of amides is 1. The van der Waals surface area contributed by atoms with E-state index in [0.717, 1.165) is 22.7 Å². The van der Waals surface area contributed by atoms with Gasteiger partial charge in [0.1, 0.15) is 16.1 Å². The minimum absolute atomic E-state index is 0.229. The number of sulfonamides is 1. The molecule has 2 aromatic heterocycles. The Kier molecular flexibility index (Phi) is 4.51. The number of nitrogens with one attached hydrogen (secondary N) is 1. The number of thiazole rings is 1. The largest absolute Gasteiger partial charge is 0.301 e. The number of aromatic nitrogens is 1. The van der Waals surface area contributed by atoms with E-state index in [0.29, 0.717) is 34.7 Å². The van der Waals surface area contributed by atoms with Crippen molar-refractivity contribution in [1.82, 2.24) is 9.29 Å². The van der Waals surface area contributed by atoms with Gasteiger partial charge in [0.25, 0.3) is 10.0 Å². The molecule has 0 radical (unpaired) electrons. The van der Waals surface area contributed by atoms with Gasteiger partial charge < -0.3 is 5.32 Å². The second-order valence-corrected chi connectivity index (χ2v) is 9.92. The van der Waals surface area contributed by atoms with E-state index < -0.39 is 22.0 Å². The van der Waals surface area contributed by atoms with E-state index >= 15 is 0 Å². The number of fused-ring (bicyclic) bond motifs is 1. The van der Waals surface area contributed by atoms with Crippen molar-refractivity contribution < 1.29 is 17.6 Å². The average Bonchev–Trinajstić information content (AvgIpc) is 3.34. The van der Waals surface area contributed by atoms with Gasteiger partial charge in [0.05, 0.1) is 10.2 Å². The molecule has 10 heteroatoms. The zero-order chi connectivity index (χ0) is 18.3. The van der Waals surface area contributed by atoms with Crippen LogP contribution in [0.15, 0.2) is 39.9 Å².